The summed E-state index contributed by atoms with van der Waals surface area (Å²) in [6.07, 6.45) is 6.75. The summed E-state index contributed by atoms with van der Waals surface area (Å²) in [5, 5.41) is 2.95. The van der Waals surface area contributed by atoms with E-state index in [2.05, 4.69) is 17.2 Å². The van der Waals surface area contributed by atoms with Gasteiger partial charge in [-0.3, -0.25) is 9.78 Å². The molecule has 2 aromatic heterocycles. The van der Waals surface area contributed by atoms with Crippen molar-refractivity contribution in [2.45, 2.75) is 38.8 Å². The Kier molecular flexibility index (Phi) is 3.64. The molecule has 3 N–H and O–H groups in total. The molecule has 0 radical (unpaired) electrons. The molecule has 1 saturated carbocycles. The van der Waals surface area contributed by atoms with Crippen LogP contribution in [-0.2, 0) is 13.0 Å². The first-order valence-corrected chi connectivity index (χ1v) is 7.37. The Morgan fingerprint density at radius 3 is 3.05 bits per heavy atom. The molecular weight excluding hydrogens is 264 g/mol. The van der Waals surface area contributed by atoms with Gasteiger partial charge >= 0.3 is 0 Å². The van der Waals surface area contributed by atoms with Crippen LogP contribution in [-0.4, -0.2) is 15.5 Å². The molecule has 3 rings (SSSR count). The lowest BCUT2D eigenvalue weighted by molar-refractivity contribution is 0.0941. The minimum Gasteiger partial charge on any atom is -0.397 e. The Morgan fingerprint density at radius 2 is 2.33 bits per heavy atom. The van der Waals surface area contributed by atoms with Crippen LogP contribution in [0.1, 0.15) is 47.6 Å². The maximum atomic E-state index is 12.4. The highest BCUT2D eigenvalue weighted by Crippen LogP contribution is 2.37. The van der Waals surface area contributed by atoms with Gasteiger partial charge in [-0.05, 0) is 37.0 Å². The highest BCUT2D eigenvalue weighted by Gasteiger charge is 2.27. The zero-order valence-corrected chi connectivity index (χ0v) is 12.2. The van der Waals surface area contributed by atoms with E-state index in [0.29, 0.717) is 24.0 Å². The van der Waals surface area contributed by atoms with Crippen molar-refractivity contribution in [2.75, 3.05) is 5.73 Å². The van der Waals surface area contributed by atoms with Gasteiger partial charge in [-0.25, -0.2) is 0 Å². The summed E-state index contributed by atoms with van der Waals surface area (Å²) in [6.45, 7) is 2.53. The summed E-state index contributed by atoms with van der Waals surface area (Å²) in [7, 11) is 0. The van der Waals surface area contributed by atoms with E-state index in [1.165, 1.54) is 0 Å². The van der Waals surface area contributed by atoms with E-state index in [-0.39, 0.29) is 5.91 Å². The number of carbonyl (C=O) groups excluding carboxylic acids is 1. The predicted octanol–water partition coefficient (Wildman–Crippen LogP) is 2.29. The fourth-order valence-corrected chi connectivity index (χ4v) is 2.54. The molecule has 0 atom stereocenters. The van der Waals surface area contributed by atoms with Crippen molar-refractivity contribution in [3.8, 4) is 0 Å². The molecule has 21 heavy (non-hydrogen) atoms. The third-order valence-electron chi connectivity index (χ3n) is 3.82. The van der Waals surface area contributed by atoms with Gasteiger partial charge in [0.15, 0.2) is 0 Å². The third-order valence-corrected chi connectivity index (χ3v) is 3.82. The maximum Gasteiger partial charge on any atom is 0.268 e. The van der Waals surface area contributed by atoms with Crippen molar-refractivity contribution < 1.29 is 4.79 Å². The van der Waals surface area contributed by atoms with Gasteiger partial charge in [0.1, 0.15) is 5.69 Å². The van der Waals surface area contributed by atoms with Crippen molar-refractivity contribution in [1.29, 1.82) is 0 Å². The Hall–Kier alpha value is -2.30. The molecule has 110 valence electrons. The molecule has 2 aromatic rings. The van der Waals surface area contributed by atoms with Crippen LogP contribution in [0, 0.1) is 0 Å². The number of nitrogens with one attached hydrogen (secondary N) is 1. The Bertz CT molecular complexity index is 658. The van der Waals surface area contributed by atoms with Crippen LogP contribution in [0.3, 0.4) is 0 Å². The number of rotatable bonds is 5. The van der Waals surface area contributed by atoms with Crippen molar-refractivity contribution >= 4 is 11.6 Å². The molecular formula is C16H20N4O. The van der Waals surface area contributed by atoms with Crippen molar-refractivity contribution in [3.05, 3.63) is 47.5 Å². The fourth-order valence-electron chi connectivity index (χ4n) is 2.54. The van der Waals surface area contributed by atoms with Crippen LogP contribution in [0.25, 0.3) is 0 Å². The Balaban J connectivity index is 1.72. The number of hydrogen-bond acceptors (Lipinski definition) is 3. The summed E-state index contributed by atoms with van der Waals surface area (Å²) in [4.78, 5) is 16.7. The number of aryl methyl sites for hydroxylation is 1. The molecule has 1 aliphatic carbocycles. The molecule has 1 fully saturated rings. The molecule has 1 aliphatic rings. The standard InChI is InChI=1S/C16H20N4O/c1-2-11-4-3-7-18-14(11)9-19-16(21)15-8-12(17)10-20(15)13-5-6-13/h3-4,7-8,10,13H,2,5-6,9,17H2,1H3,(H,19,21). The largest absolute Gasteiger partial charge is 0.397 e. The van der Waals surface area contributed by atoms with Crippen LogP contribution in [0.15, 0.2) is 30.6 Å². The third kappa shape index (κ3) is 2.91. The minimum absolute atomic E-state index is 0.0914. The van der Waals surface area contributed by atoms with Gasteiger partial charge in [0.2, 0.25) is 0 Å². The molecule has 0 aliphatic heterocycles. The van der Waals surface area contributed by atoms with Crippen molar-refractivity contribution in [2.24, 2.45) is 0 Å². The minimum atomic E-state index is -0.0914. The Morgan fingerprint density at radius 1 is 1.52 bits per heavy atom. The number of anilines is 1. The smallest absolute Gasteiger partial charge is 0.268 e. The van der Waals surface area contributed by atoms with Gasteiger partial charge < -0.3 is 15.6 Å². The molecule has 0 bridgehead atoms. The molecule has 0 unspecified atom stereocenters. The van der Waals surface area contributed by atoms with Crippen LogP contribution >= 0.6 is 0 Å². The van der Waals surface area contributed by atoms with Crippen LogP contribution in [0.5, 0.6) is 0 Å². The van der Waals surface area contributed by atoms with Gasteiger partial charge in [0.25, 0.3) is 5.91 Å². The summed E-state index contributed by atoms with van der Waals surface area (Å²) >= 11 is 0. The molecule has 5 heteroatoms. The summed E-state index contributed by atoms with van der Waals surface area (Å²) in [5.41, 5.74) is 9.19. The molecule has 0 spiro atoms. The topological polar surface area (TPSA) is 72.9 Å². The van der Waals surface area contributed by atoms with Gasteiger partial charge in [-0.1, -0.05) is 13.0 Å². The highest BCUT2D eigenvalue weighted by atomic mass is 16.1. The summed E-state index contributed by atoms with van der Waals surface area (Å²) in [6, 6.07) is 6.14. The van der Waals surface area contributed by atoms with E-state index in [9.17, 15) is 4.79 Å². The van der Waals surface area contributed by atoms with Gasteiger partial charge in [0.05, 0.1) is 17.9 Å². The van der Waals surface area contributed by atoms with Gasteiger partial charge in [-0.2, -0.15) is 0 Å². The number of carbonyl (C=O) groups is 1. The second-order valence-corrected chi connectivity index (χ2v) is 5.44. The first-order valence-electron chi connectivity index (χ1n) is 7.37. The molecule has 5 nitrogen and oxygen atoms in total. The van der Waals surface area contributed by atoms with Gasteiger partial charge in [-0.15, -0.1) is 0 Å². The predicted molar refractivity (Wildman–Crippen MR) is 81.9 cm³/mol. The van der Waals surface area contributed by atoms with Crippen LogP contribution in [0.4, 0.5) is 5.69 Å². The lowest BCUT2D eigenvalue weighted by Gasteiger charge is -2.10. The first kappa shape index (κ1) is 13.7. The molecule has 1 amide bonds. The number of aromatic nitrogens is 2. The van der Waals surface area contributed by atoms with Crippen LogP contribution < -0.4 is 11.1 Å². The average Bonchev–Trinajstić information content (AvgIpc) is 3.27. The summed E-state index contributed by atoms with van der Waals surface area (Å²) in [5.74, 6) is -0.0914. The van der Waals surface area contributed by atoms with E-state index in [4.69, 9.17) is 5.73 Å². The lowest BCUT2D eigenvalue weighted by Crippen LogP contribution is -2.26. The number of nitrogen functional groups attached to an aromatic ring is 1. The molecule has 2 heterocycles. The fraction of sp³-hybridized carbons (Fsp3) is 0.375. The molecule has 0 saturated heterocycles. The Labute approximate surface area is 124 Å². The zero-order chi connectivity index (χ0) is 14.8. The monoisotopic (exact) mass is 284 g/mol. The number of pyridine rings is 1. The quantitative estimate of drug-likeness (QED) is 0.884. The van der Waals surface area contributed by atoms with E-state index in [1.54, 1.807) is 12.3 Å². The first-order chi connectivity index (χ1) is 10.2. The van der Waals surface area contributed by atoms with E-state index in [1.807, 2.05) is 22.9 Å². The number of amides is 1. The highest BCUT2D eigenvalue weighted by molar-refractivity contribution is 5.93. The van der Waals surface area contributed by atoms with Crippen LogP contribution in [0.2, 0.25) is 0 Å². The number of nitrogens with zero attached hydrogens (tertiary/aromatic N) is 2. The number of hydrogen-bond donors (Lipinski definition) is 2. The van der Waals surface area contributed by atoms with E-state index < -0.39 is 0 Å². The normalized spacial score (nSPS) is 14.1. The van der Waals surface area contributed by atoms with Crippen molar-refractivity contribution in [3.63, 3.8) is 0 Å². The average molecular weight is 284 g/mol. The maximum absolute atomic E-state index is 12.4. The van der Waals surface area contributed by atoms with E-state index in [0.717, 1.165) is 30.5 Å². The van der Waals surface area contributed by atoms with Gasteiger partial charge in [0, 0.05) is 18.4 Å². The van der Waals surface area contributed by atoms with Crippen molar-refractivity contribution in [1.82, 2.24) is 14.9 Å². The van der Waals surface area contributed by atoms with E-state index >= 15 is 0 Å². The number of nitrogens with two attached hydrogens (primary N) is 1. The summed E-state index contributed by atoms with van der Waals surface area (Å²) < 4.78 is 1.99. The lowest BCUT2D eigenvalue weighted by atomic mass is 10.1. The second kappa shape index (κ2) is 5.60. The molecule has 0 aromatic carbocycles. The SMILES string of the molecule is CCc1cccnc1CNC(=O)c1cc(N)cn1C1CC1. The second-order valence-electron chi connectivity index (χ2n) is 5.44. The zero-order valence-electron chi connectivity index (χ0n) is 12.2.